The first-order chi connectivity index (χ1) is 9.47. The molecule has 0 aliphatic carbocycles. The maximum Gasteiger partial charge on any atom is 0.128 e. The van der Waals surface area contributed by atoms with Crippen LogP contribution in [0.3, 0.4) is 0 Å². The minimum absolute atomic E-state index is 0.0219. The second-order valence-electron chi connectivity index (χ2n) is 4.83. The van der Waals surface area contributed by atoms with Crippen LogP contribution in [0.15, 0.2) is 42.5 Å². The molecule has 4 heteroatoms. The molecule has 0 saturated carbocycles. The van der Waals surface area contributed by atoms with Gasteiger partial charge in [-0.1, -0.05) is 23.7 Å². The van der Waals surface area contributed by atoms with Gasteiger partial charge in [0.15, 0.2) is 0 Å². The van der Waals surface area contributed by atoms with E-state index in [4.69, 9.17) is 11.6 Å². The molecule has 1 N–H and O–H groups in total. The van der Waals surface area contributed by atoms with E-state index in [9.17, 15) is 8.78 Å². The van der Waals surface area contributed by atoms with E-state index < -0.39 is 11.6 Å². The van der Waals surface area contributed by atoms with E-state index >= 15 is 0 Å². The smallest absolute Gasteiger partial charge is 0.128 e. The lowest BCUT2D eigenvalue weighted by Crippen LogP contribution is -2.23. The van der Waals surface area contributed by atoms with Crippen LogP contribution >= 0.6 is 11.6 Å². The second-order valence-corrected chi connectivity index (χ2v) is 5.27. The quantitative estimate of drug-likeness (QED) is 0.834. The summed E-state index contributed by atoms with van der Waals surface area (Å²) in [6, 6.07) is 10.6. The summed E-state index contributed by atoms with van der Waals surface area (Å²) in [4.78, 5) is 0. The van der Waals surface area contributed by atoms with Gasteiger partial charge in [0.05, 0.1) is 0 Å². The number of halogens is 3. The standard InChI is InChI=1S/C16H16ClF2N/c1-10(12-4-3-5-13(17)8-12)20-11(2)15-9-14(18)6-7-16(15)19/h3-11,20H,1-2H3. The molecular weight excluding hydrogens is 280 g/mol. The van der Waals surface area contributed by atoms with E-state index in [-0.39, 0.29) is 12.1 Å². The van der Waals surface area contributed by atoms with Crippen molar-refractivity contribution in [1.29, 1.82) is 0 Å². The molecule has 0 aliphatic heterocycles. The summed E-state index contributed by atoms with van der Waals surface area (Å²) >= 11 is 5.95. The molecule has 1 nitrogen and oxygen atoms in total. The molecule has 0 saturated heterocycles. The highest BCUT2D eigenvalue weighted by Gasteiger charge is 2.15. The van der Waals surface area contributed by atoms with Gasteiger partial charge in [0.2, 0.25) is 0 Å². The van der Waals surface area contributed by atoms with Gasteiger partial charge in [-0.2, -0.15) is 0 Å². The van der Waals surface area contributed by atoms with Crippen LogP contribution in [-0.4, -0.2) is 0 Å². The second kappa shape index (κ2) is 6.33. The zero-order chi connectivity index (χ0) is 14.7. The molecule has 0 heterocycles. The van der Waals surface area contributed by atoms with Crippen LogP contribution < -0.4 is 5.32 Å². The highest BCUT2D eigenvalue weighted by molar-refractivity contribution is 6.30. The molecule has 2 unspecified atom stereocenters. The Labute approximate surface area is 122 Å². The zero-order valence-electron chi connectivity index (χ0n) is 11.3. The first-order valence-corrected chi connectivity index (χ1v) is 6.81. The van der Waals surface area contributed by atoms with Gasteiger partial charge in [0.25, 0.3) is 0 Å². The number of benzene rings is 2. The third-order valence-electron chi connectivity index (χ3n) is 3.27. The normalized spacial score (nSPS) is 14.1. The van der Waals surface area contributed by atoms with Crippen molar-refractivity contribution in [3.8, 4) is 0 Å². The van der Waals surface area contributed by atoms with Crippen molar-refractivity contribution in [1.82, 2.24) is 5.32 Å². The maximum absolute atomic E-state index is 13.7. The van der Waals surface area contributed by atoms with Crippen molar-refractivity contribution < 1.29 is 8.78 Å². The van der Waals surface area contributed by atoms with Crippen LogP contribution in [0.5, 0.6) is 0 Å². The third kappa shape index (κ3) is 3.56. The number of hydrogen-bond acceptors (Lipinski definition) is 1. The fourth-order valence-electron chi connectivity index (χ4n) is 2.18. The van der Waals surface area contributed by atoms with Crippen LogP contribution in [0.25, 0.3) is 0 Å². The lowest BCUT2D eigenvalue weighted by molar-refractivity contribution is 0.470. The fraction of sp³-hybridized carbons (Fsp3) is 0.250. The van der Waals surface area contributed by atoms with Crippen molar-refractivity contribution in [2.45, 2.75) is 25.9 Å². The average molecular weight is 296 g/mol. The SMILES string of the molecule is CC(NC(C)c1cc(F)ccc1F)c1cccc(Cl)c1. The van der Waals surface area contributed by atoms with E-state index in [2.05, 4.69) is 5.32 Å². The molecule has 0 aliphatic rings. The van der Waals surface area contributed by atoms with Crippen LogP contribution in [0.4, 0.5) is 8.78 Å². The Morgan fingerprint density at radius 3 is 2.45 bits per heavy atom. The number of rotatable bonds is 4. The van der Waals surface area contributed by atoms with Crippen LogP contribution in [-0.2, 0) is 0 Å². The van der Waals surface area contributed by atoms with Gasteiger partial charge >= 0.3 is 0 Å². The van der Waals surface area contributed by atoms with Gasteiger partial charge in [0, 0.05) is 22.7 Å². The van der Waals surface area contributed by atoms with Crippen molar-refractivity contribution >= 4 is 11.6 Å². The lowest BCUT2D eigenvalue weighted by atomic mass is 10.0. The monoisotopic (exact) mass is 295 g/mol. The van der Waals surface area contributed by atoms with E-state index in [1.54, 1.807) is 13.0 Å². The highest BCUT2D eigenvalue weighted by Crippen LogP contribution is 2.23. The van der Waals surface area contributed by atoms with Crippen LogP contribution in [0.1, 0.15) is 37.1 Å². The highest BCUT2D eigenvalue weighted by atomic mass is 35.5. The molecule has 0 aromatic heterocycles. The lowest BCUT2D eigenvalue weighted by Gasteiger charge is -2.21. The van der Waals surface area contributed by atoms with Gasteiger partial charge in [-0.25, -0.2) is 8.78 Å². The Hall–Kier alpha value is -1.45. The molecule has 0 bridgehead atoms. The average Bonchev–Trinajstić information content (AvgIpc) is 2.41. The Bertz CT molecular complexity index is 601. The summed E-state index contributed by atoms with van der Waals surface area (Å²) in [6.45, 7) is 3.76. The minimum Gasteiger partial charge on any atom is -0.304 e. The van der Waals surface area contributed by atoms with E-state index in [1.807, 2.05) is 25.1 Å². The molecule has 2 atom stereocenters. The van der Waals surface area contributed by atoms with Crippen molar-refractivity contribution in [2.75, 3.05) is 0 Å². The van der Waals surface area contributed by atoms with Gasteiger partial charge in [0.1, 0.15) is 11.6 Å². The summed E-state index contributed by atoms with van der Waals surface area (Å²) in [7, 11) is 0. The molecule has 0 fully saturated rings. The molecule has 0 radical (unpaired) electrons. The van der Waals surface area contributed by atoms with Gasteiger partial charge < -0.3 is 5.32 Å². The summed E-state index contributed by atoms with van der Waals surface area (Å²) in [5.74, 6) is -0.852. The molecule has 106 valence electrons. The molecular formula is C16H16ClF2N. The largest absolute Gasteiger partial charge is 0.304 e. The van der Waals surface area contributed by atoms with E-state index in [0.29, 0.717) is 10.6 Å². The molecule has 0 spiro atoms. The summed E-state index contributed by atoms with van der Waals surface area (Å²) in [5.41, 5.74) is 1.32. The maximum atomic E-state index is 13.7. The zero-order valence-corrected chi connectivity index (χ0v) is 12.1. The first-order valence-electron chi connectivity index (χ1n) is 6.44. The predicted octanol–water partition coefficient (Wildman–Crippen LogP) is 5.03. The molecule has 2 rings (SSSR count). The Balaban J connectivity index is 2.15. The topological polar surface area (TPSA) is 12.0 Å². The molecule has 20 heavy (non-hydrogen) atoms. The predicted molar refractivity (Wildman–Crippen MR) is 77.8 cm³/mol. The Morgan fingerprint density at radius 1 is 1.00 bits per heavy atom. The van der Waals surface area contributed by atoms with Crippen molar-refractivity contribution in [2.24, 2.45) is 0 Å². The summed E-state index contributed by atoms with van der Waals surface area (Å²) in [5, 5.41) is 3.90. The van der Waals surface area contributed by atoms with E-state index in [1.165, 1.54) is 6.07 Å². The molecule has 2 aromatic carbocycles. The van der Waals surface area contributed by atoms with Crippen molar-refractivity contribution in [3.05, 3.63) is 70.2 Å². The Kier molecular flexibility index (Phi) is 4.73. The van der Waals surface area contributed by atoms with Crippen LogP contribution in [0, 0.1) is 11.6 Å². The third-order valence-corrected chi connectivity index (χ3v) is 3.51. The fourth-order valence-corrected chi connectivity index (χ4v) is 2.38. The minimum atomic E-state index is -0.439. The summed E-state index contributed by atoms with van der Waals surface area (Å²) in [6.07, 6.45) is 0. The Morgan fingerprint density at radius 2 is 1.75 bits per heavy atom. The van der Waals surface area contributed by atoms with Gasteiger partial charge in [-0.05, 0) is 49.7 Å². The van der Waals surface area contributed by atoms with Gasteiger partial charge in [-0.15, -0.1) is 0 Å². The van der Waals surface area contributed by atoms with Crippen molar-refractivity contribution in [3.63, 3.8) is 0 Å². The van der Waals surface area contributed by atoms with Crippen LogP contribution in [0.2, 0.25) is 5.02 Å². The number of nitrogens with one attached hydrogen (secondary N) is 1. The molecule has 2 aromatic rings. The summed E-state index contributed by atoms with van der Waals surface area (Å²) < 4.78 is 26.9. The first kappa shape index (κ1) is 14.9. The molecule has 0 amide bonds. The van der Waals surface area contributed by atoms with Gasteiger partial charge in [-0.3, -0.25) is 0 Å². The van der Waals surface area contributed by atoms with E-state index in [0.717, 1.165) is 17.7 Å². The number of hydrogen-bond donors (Lipinski definition) is 1.